The van der Waals surface area contributed by atoms with Crippen molar-refractivity contribution < 1.29 is 19.7 Å². The molecule has 1 aromatic heterocycles. The molecule has 6 heteroatoms. The van der Waals surface area contributed by atoms with Gasteiger partial charge in [0.05, 0.1) is 24.0 Å². The Labute approximate surface area is 96.1 Å². The number of rotatable bonds is 4. The maximum absolute atomic E-state index is 10.8. The molecule has 0 aliphatic rings. The van der Waals surface area contributed by atoms with E-state index in [1.54, 1.807) is 12.1 Å². The van der Waals surface area contributed by atoms with E-state index in [4.69, 9.17) is 11.6 Å². The third-order valence-electron chi connectivity index (χ3n) is 1.85. The van der Waals surface area contributed by atoms with Gasteiger partial charge in [-0.15, -0.1) is 11.3 Å². The van der Waals surface area contributed by atoms with Gasteiger partial charge in [0, 0.05) is 4.88 Å². The summed E-state index contributed by atoms with van der Waals surface area (Å²) in [7, 11) is 1.23. The van der Waals surface area contributed by atoms with Crippen molar-refractivity contribution in [1.29, 1.82) is 0 Å². The monoisotopic (exact) mass is 250 g/mol. The Morgan fingerprint density at radius 1 is 1.60 bits per heavy atom. The summed E-state index contributed by atoms with van der Waals surface area (Å²) in [6.07, 6.45) is -2.53. The standard InChI is InChI=1S/C9H11ClO4S/c1-14-8(12)4-5(11)9(13)6-2-3-7(10)15-6/h2-3,5,9,11,13H,4H2,1H3. The van der Waals surface area contributed by atoms with Crippen molar-refractivity contribution in [1.82, 2.24) is 0 Å². The molecule has 2 atom stereocenters. The van der Waals surface area contributed by atoms with E-state index in [1.165, 1.54) is 7.11 Å². The number of esters is 1. The molecule has 84 valence electrons. The SMILES string of the molecule is COC(=O)CC(O)C(O)c1ccc(Cl)s1. The Kier molecular flexibility index (Phi) is 4.53. The molecule has 4 nitrogen and oxygen atoms in total. The highest BCUT2D eigenvalue weighted by molar-refractivity contribution is 7.16. The number of aliphatic hydroxyl groups excluding tert-OH is 2. The molecule has 0 fully saturated rings. The van der Waals surface area contributed by atoms with E-state index in [9.17, 15) is 15.0 Å². The molecular formula is C9H11ClO4S. The van der Waals surface area contributed by atoms with Crippen molar-refractivity contribution in [2.24, 2.45) is 0 Å². The van der Waals surface area contributed by atoms with Crippen LogP contribution in [0.25, 0.3) is 0 Å². The largest absolute Gasteiger partial charge is 0.469 e. The van der Waals surface area contributed by atoms with Gasteiger partial charge in [-0.1, -0.05) is 11.6 Å². The average Bonchev–Trinajstić information content (AvgIpc) is 2.63. The Morgan fingerprint density at radius 3 is 2.73 bits per heavy atom. The Balaban J connectivity index is 2.60. The number of thiophene rings is 1. The minimum Gasteiger partial charge on any atom is -0.469 e. The molecule has 1 aromatic rings. The first kappa shape index (κ1) is 12.4. The van der Waals surface area contributed by atoms with Crippen molar-refractivity contribution in [2.45, 2.75) is 18.6 Å². The molecule has 2 N–H and O–H groups in total. The summed E-state index contributed by atoms with van der Waals surface area (Å²) in [6, 6.07) is 3.23. The van der Waals surface area contributed by atoms with E-state index in [-0.39, 0.29) is 6.42 Å². The molecule has 0 aliphatic carbocycles. The lowest BCUT2D eigenvalue weighted by Gasteiger charge is -2.14. The second kappa shape index (κ2) is 5.46. The van der Waals surface area contributed by atoms with Crippen LogP contribution in [0.4, 0.5) is 0 Å². The summed E-state index contributed by atoms with van der Waals surface area (Å²) in [5.74, 6) is -0.566. The van der Waals surface area contributed by atoms with Gasteiger partial charge in [-0.2, -0.15) is 0 Å². The van der Waals surface area contributed by atoms with Crippen molar-refractivity contribution in [2.75, 3.05) is 7.11 Å². The fraction of sp³-hybridized carbons (Fsp3) is 0.444. The summed E-state index contributed by atoms with van der Waals surface area (Å²) in [5, 5.41) is 19.1. The molecular weight excluding hydrogens is 240 g/mol. The molecule has 1 rings (SSSR count). The van der Waals surface area contributed by atoms with E-state index in [0.717, 1.165) is 11.3 Å². The molecule has 2 unspecified atom stereocenters. The minimum absolute atomic E-state index is 0.243. The van der Waals surface area contributed by atoms with Gasteiger partial charge in [-0.3, -0.25) is 4.79 Å². The van der Waals surface area contributed by atoms with Crippen molar-refractivity contribution in [3.63, 3.8) is 0 Å². The fourth-order valence-corrected chi connectivity index (χ4v) is 2.15. The van der Waals surface area contributed by atoms with Crippen LogP contribution in [0.3, 0.4) is 0 Å². The zero-order valence-corrected chi connectivity index (χ0v) is 9.59. The van der Waals surface area contributed by atoms with Crippen LogP contribution in [0.15, 0.2) is 12.1 Å². The van der Waals surface area contributed by atoms with E-state index in [0.29, 0.717) is 9.21 Å². The number of carbonyl (C=O) groups is 1. The quantitative estimate of drug-likeness (QED) is 0.792. The first-order valence-corrected chi connectivity index (χ1v) is 5.42. The van der Waals surface area contributed by atoms with Gasteiger partial charge in [0.25, 0.3) is 0 Å². The number of carbonyl (C=O) groups excluding carboxylic acids is 1. The topological polar surface area (TPSA) is 66.8 Å². The third-order valence-corrected chi connectivity index (χ3v) is 3.16. The maximum atomic E-state index is 10.8. The van der Waals surface area contributed by atoms with Crippen LogP contribution >= 0.6 is 22.9 Å². The van der Waals surface area contributed by atoms with Crippen LogP contribution in [0, 0.1) is 0 Å². The van der Waals surface area contributed by atoms with Crippen molar-refractivity contribution in [3.05, 3.63) is 21.3 Å². The molecule has 0 bridgehead atoms. The van der Waals surface area contributed by atoms with Gasteiger partial charge in [-0.05, 0) is 12.1 Å². The van der Waals surface area contributed by atoms with Crippen molar-refractivity contribution >= 4 is 28.9 Å². The molecule has 0 spiro atoms. The summed E-state index contributed by atoms with van der Waals surface area (Å²) < 4.78 is 4.90. The van der Waals surface area contributed by atoms with E-state index >= 15 is 0 Å². The van der Waals surface area contributed by atoms with Gasteiger partial charge in [0.2, 0.25) is 0 Å². The van der Waals surface area contributed by atoms with E-state index in [1.807, 2.05) is 0 Å². The predicted molar refractivity (Wildman–Crippen MR) is 56.9 cm³/mol. The number of ether oxygens (including phenoxy) is 1. The van der Waals surface area contributed by atoms with Gasteiger partial charge < -0.3 is 14.9 Å². The predicted octanol–water partition coefficient (Wildman–Crippen LogP) is 1.36. The number of hydrogen-bond donors (Lipinski definition) is 2. The van der Waals surface area contributed by atoms with Gasteiger partial charge >= 0.3 is 5.97 Å². The Morgan fingerprint density at radius 2 is 2.27 bits per heavy atom. The summed E-state index contributed by atoms with van der Waals surface area (Å²) in [6.45, 7) is 0. The maximum Gasteiger partial charge on any atom is 0.308 e. The average molecular weight is 251 g/mol. The summed E-state index contributed by atoms with van der Waals surface area (Å²) >= 11 is 6.84. The lowest BCUT2D eigenvalue weighted by Crippen LogP contribution is -2.21. The number of methoxy groups -OCH3 is 1. The molecule has 0 aliphatic heterocycles. The molecule has 1 heterocycles. The van der Waals surface area contributed by atoms with Crippen LogP contribution in [0.5, 0.6) is 0 Å². The smallest absolute Gasteiger partial charge is 0.308 e. The van der Waals surface area contributed by atoms with Gasteiger partial charge in [0.15, 0.2) is 0 Å². The second-order valence-corrected chi connectivity index (χ2v) is 4.68. The van der Waals surface area contributed by atoms with Crippen molar-refractivity contribution in [3.8, 4) is 0 Å². The van der Waals surface area contributed by atoms with Crippen LogP contribution < -0.4 is 0 Å². The van der Waals surface area contributed by atoms with E-state index in [2.05, 4.69) is 4.74 Å². The first-order valence-electron chi connectivity index (χ1n) is 4.22. The molecule has 0 amide bonds. The Bertz CT molecular complexity index is 339. The zero-order chi connectivity index (χ0) is 11.4. The minimum atomic E-state index is -1.17. The molecule has 15 heavy (non-hydrogen) atoms. The molecule has 0 saturated heterocycles. The van der Waals surface area contributed by atoms with Gasteiger partial charge in [0.1, 0.15) is 6.10 Å². The van der Waals surface area contributed by atoms with Crippen LogP contribution in [-0.2, 0) is 9.53 Å². The number of halogens is 1. The highest BCUT2D eigenvalue weighted by Gasteiger charge is 2.22. The summed E-state index contributed by atoms with van der Waals surface area (Å²) in [4.78, 5) is 11.4. The van der Waals surface area contributed by atoms with Crippen LogP contribution in [-0.4, -0.2) is 29.4 Å². The summed E-state index contributed by atoms with van der Waals surface area (Å²) in [5.41, 5.74) is 0. The lowest BCUT2D eigenvalue weighted by molar-refractivity contribution is -0.144. The second-order valence-electron chi connectivity index (χ2n) is 2.93. The highest BCUT2D eigenvalue weighted by atomic mass is 35.5. The Hall–Kier alpha value is -0.620. The number of hydrogen-bond acceptors (Lipinski definition) is 5. The van der Waals surface area contributed by atoms with Crippen LogP contribution in [0.2, 0.25) is 4.34 Å². The molecule has 0 aromatic carbocycles. The fourth-order valence-electron chi connectivity index (χ4n) is 1.04. The zero-order valence-electron chi connectivity index (χ0n) is 8.01. The van der Waals surface area contributed by atoms with E-state index < -0.39 is 18.2 Å². The van der Waals surface area contributed by atoms with Crippen LogP contribution in [0.1, 0.15) is 17.4 Å². The lowest BCUT2D eigenvalue weighted by atomic mass is 10.1. The number of aliphatic hydroxyl groups is 2. The third kappa shape index (κ3) is 3.46. The normalized spacial score (nSPS) is 14.7. The first-order chi connectivity index (χ1) is 7.04. The molecule has 0 saturated carbocycles. The molecule has 0 radical (unpaired) electrons. The highest BCUT2D eigenvalue weighted by Crippen LogP contribution is 2.29. The van der Waals surface area contributed by atoms with Gasteiger partial charge in [-0.25, -0.2) is 0 Å².